The molecule has 5 rings (SSSR count). The highest BCUT2D eigenvalue weighted by Gasteiger charge is 2.30. The first-order chi connectivity index (χ1) is 14.6. The predicted octanol–water partition coefficient (Wildman–Crippen LogP) is 5.34. The van der Waals surface area contributed by atoms with Crippen molar-refractivity contribution in [2.45, 2.75) is 11.3 Å². The van der Waals surface area contributed by atoms with Crippen LogP contribution in [-0.4, -0.2) is 21.2 Å². The van der Waals surface area contributed by atoms with E-state index in [-0.39, 0.29) is 4.90 Å². The van der Waals surface area contributed by atoms with Crippen molar-refractivity contribution < 1.29 is 8.42 Å². The summed E-state index contributed by atoms with van der Waals surface area (Å²) < 4.78 is 27.7. The van der Waals surface area contributed by atoms with Crippen LogP contribution in [0.5, 0.6) is 0 Å². The van der Waals surface area contributed by atoms with Gasteiger partial charge in [-0.15, -0.1) is 0 Å². The summed E-state index contributed by atoms with van der Waals surface area (Å²) in [4.78, 5) is 4.83. The van der Waals surface area contributed by atoms with Gasteiger partial charge in [0.1, 0.15) is 0 Å². The molecule has 0 aliphatic carbocycles. The zero-order valence-corrected chi connectivity index (χ0v) is 17.1. The number of nitrogens with zero attached hydrogens (tertiary/aromatic N) is 2. The highest BCUT2D eigenvalue weighted by atomic mass is 32.2. The molecule has 1 aliphatic rings. The highest BCUT2D eigenvalue weighted by Crippen LogP contribution is 2.33. The van der Waals surface area contributed by atoms with Crippen LogP contribution in [-0.2, 0) is 16.4 Å². The number of anilines is 1. The summed E-state index contributed by atoms with van der Waals surface area (Å²) in [7, 11) is -3.58. The van der Waals surface area contributed by atoms with Crippen LogP contribution in [0.4, 0.5) is 11.4 Å². The van der Waals surface area contributed by atoms with E-state index in [2.05, 4.69) is 23.2 Å². The third-order valence-corrected chi connectivity index (χ3v) is 7.27. The average Bonchev–Trinajstić information content (AvgIpc) is 3.23. The van der Waals surface area contributed by atoms with Gasteiger partial charge in [-0.2, -0.15) is 0 Å². The van der Waals surface area contributed by atoms with Crippen LogP contribution in [0.2, 0.25) is 0 Å². The number of benzene rings is 4. The lowest BCUT2D eigenvalue weighted by atomic mass is 10.1. The minimum atomic E-state index is -3.58. The molecule has 0 saturated carbocycles. The first-order valence-corrected chi connectivity index (χ1v) is 11.3. The third-order valence-electron chi connectivity index (χ3n) is 5.45. The molecule has 0 aromatic heterocycles. The first kappa shape index (κ1) is 18.6. The summed E-state index contributed by atoms with van der Waals surface area (Å²) in [5.74, 6) is 0. The fourth-order valence-corrected chi connectivity index (χ4v) is 5.40. The lowest BCUT2D eigenvalue weighted by Gasteiger charge is -2.19. The summed E-state index contributed by atoms with van der Waals surface area (Å²) in [6, 6.07) is 28.7. The molecule has 1 aliphatic heterocycles. The zero-order chi connectivity index (χ0) is 20.6. The monoisotopic (exact) mass is 412 g/mol. The Morgan fingerprint density at radius 1 is 0.800 bits per heavy atom. The van der Waals surface area contributed by atoms with Crippen LogP contribution < -0.4 is 4.31 Å². The fraction of sp³-hybridized carbons (Fsp3) is 0.0800. The van der Waals surface area contributed by atoms with E-state index < -0.39 is 10.0 Å². The molecule has 0 N–H and O–H groups in total. The molecule has 0 amide bonds. The van der Waals surface area contributed by atoms with Gasteiger partial charge in [0, 0.05) is 18.3 Å². The normalized spacial score (nSPS) is 13.8. The molecule has 0 unspecified atom stereocenters. The van der Waals surface area contributed by atoms with Crippen LogP contribution in [0.1, 0.15) is 11.1 Å². The quantitative estimate of drug-likeness (QED) is 0.425. The van der Waals surface area contributed by atoms with Crippen molar-refractivity contribution in [1.29, 1.82) is 0 Å². The molecular weight excluding hydrogens is 392 g/mol. The van der Waals surface area contributed by atoms with Crippen molar-refractivity contribution in [3.05, 3.63) is 102 Å². The predicted molar refractivity (Wildman–Crippen MR) is 122 cm³/mol. The van der Waals surface area contributed by atoms with Gasteiger partial charge in [0.05, 0.1) is 16.3 Å². The summed E-state index contributed by atoms with van der Waals surface area (Å²) in [5, 5.41) is 2.30. The number of hydrogen-bond acceptors (Lipinski definition) is 3. The molecule has 4 aromatic rings. The van der Waals surface area contributed by atoms with Crippen molar-refractivity contribution in [2.75, 3.05) is 10.8 Å². The molecule has 4 aromatic carbocycles. The second-order valence-electron chi connectivity index (χ2n) is 7.28. The van der Waals surface area contributed by atoms with Crippen LogP contribution in [0.15, 0.2) is 101 Å². The topological polar surface area (TPSA) is 49.7 Å². The maximum absolute atomic E-state index is 13.1. The maximum atomic E-state index is 13.1. The van der Waals surface area contributed by atoms with Gasteiger partial charge in [-0.05, 0) is 53.1 Å². The van der Waals surface area contributed by atoms with Crippen molar-refractivity contribution in [3.8, 4) is 0 Å². The minimum Gasteiger partial charge on any atom is -0.266 e. The van der Waals surface area contributed by atoms with E-state index in [0.717, 1.165) is 34.0 Å². The lowest BCUT2D eigenvalue weighted by Crippen LogP contribution is -2.29. The van der Waals surface area contributed by atoms with Crippen molar-refractivity contribution in [3.63, 3.8) is 0 Å². The maximum Gasteiger partial charge on any atom is 0.264 e. The Morgan fingerprint density at radius 2 is 1.53 bits per heavy atom. The van der Waals surface area contributed by atoms with Crippen LogP contribution >= 0.6 is 0 Å². The first-order valence-electron chi connectivity index (χ1n) is 9.85. The van der Waals surface area contributed by atoms with Crippen molar-refractivity contribution in [2.24, 2.45) is 4.99 Å². The van der Waals surface area contributed by atoms with E-state index in [1.54, 1.807) is 24.3 Å². The highest BCUT2D eigenvalue weighted by molar-refractivity contribution is 7.92. The Balaban J connectivity index is 1.41. The van der Waals surface area contributed by atoms with E-state index in [4.69, 9.17) is 0 Å². The minimum absolute atomic E-state index is 0.281. The molecule has 0 atom stereocenters. The van der Waals surface area contributed by atoms with Gasteiger partial charge < -0.3 is 0 Å². The largest absolute Gasteiger partial charge is 0.266 e. The van der Waals surface area contributed by atoms with Crippen LogP contribution in [0.25, 0.3) is 10.8 Å². The van der Waals surface area contributed by atoms with E-state index in [0.29, 0.717) is 12.2 Å². The molecular formula is C25H20N2O2S. The molecule has 0 saturated heterocycles. The molecule has 0 bridgehead atoms. The standard InChI is InChI=1S/C25H20N2O2S/c28-30(29,27-17-16-20-7-2-4-11-25(20)27)23-14-12-22(13-15-23)26-18-21-9-5-8-19-6-1-3-10-24(19)21/h1-15,18H,16-17H2. The van der Waals surface area contributed by atoms with E-state index in [1.807, 2.05) is 54.7 Å². The SMILES string of the molecule is O=S(=O)(c1ccc(N=Cc2cccc3ccccc23)cc1)N1CCc2ccccc21. The Hall–Kier alpha value is -3.44. The van der Waals surface area contributed by atoms with Crippen molar-refractivity contribution >= 4 is 38.4 Å². The molecule has 30 heavy (non-hydrogen) atoms. The molecule has 148 valence electrons. The summed E-state index contributed by atoms with van der Waals surface area (Å²) >= 11 is 0. The number of sulfonamides is 1. The van der Waals surface area contributed by atoms with E-state index in [1.165, 1.54) is 4.31 Å². The van der Waals surface area contributed by atoms with Gasteiger partial charge in [0.15, 0.2) is 0 Å². The van der Waals surface area contributed by atoms with Gasteiger partial charge >= 0.3 is 0 Å². The number of aliphatic imine (C=N–C) groups is 1. The molecule has 4 nitrogen and oxygen atoms in total. The molecule has 0 radical (unpaired) electrons. The van der Waals surface area contributed by atoms with Gasteiger partial charge in [-0.25, -0.2) is 8.42 Å². The number of para-hydroxylation sites is 1. The Labute approximate surface area is 176 Å². The third kappa shape index (κ3) is 3.27. The number of hydrogen-bond donors (Lipinski definition) is 0. The van der Waals surface area contributed by atoms with Crippen LogP contribution in [0.3, 0.4) is 0 Å². The number of rotatable bonds is 4. The Kier molecular flexibility index (Phi) is 4.60. The van der Waals surface area contributed by atoms with Gasteiger partial charge in [0.25, 0.3) is 10.0 Å². The fourth-order valence-electron chi connectivity index (χ4n) is 3.90. The molecule has 0 fully saturated rings. The zero-order valence-electron chi connectivity index (χ0n) is 16.3. The summed E-state index contributed by atoms with van der Waals surface area (Å²) in [5.41, 5.74) is 3.58. The van der Waals surface area contributed by atoms with E-state index >= 15 is 0 Å². The van der Waals surface area contributed by atoms with Gasteiger partial charge in [-0.1, -0.05) is 60.7 Å². The lowest BCUT2D eigenvalue weighted by molar-refractivity contribution is 0.592. The smallest absolute Gasteiger partial charge is 0.264 e. The van der Waals surface area contributed by atoms with Crippen molar-refractivity contribution in [1.82, 2.24) is 0 Å². The summed E-state index contributed by atoms with van der Waals surface area (Å²) in [6.45, 7) is 0.475. The van der Waals surface area contributed by atoms with Gasteiger partial charge in [-0.3, -0.25) is 9.30 Å². The van der Waals surface area contributed by atoms with Gasteiger partial charge in [0.2, 0.25) is 0 Å². The molecule has 0 spiro atoms. The molecule has 1 heterocycles. The average molecular weight is 413 g/mol. The summed E-state index contributed by atoms with van der Waals surface area (Å²) in [6.07, 6.45) is 2.56. The Morgan fingerprint density at radius 3 is 2.40 bits per heavy atom. The second kappa shape index (κ2) is 7.43. The Bertz CT molecular complexity index is 1350. The molecule has 5 heteroatoms. The second-order valence-corrected chi connectivity index (χ2v) is 9.14. The van der Waals surface area contributed by atoms with Crippen LogP contribution in [0, 0.1) is 0 Å². The van der Waals surface area contributed by atoms with E-state index in [9.17, 15) is 8.42 Å². The number of fused-ring (bicyclic) bond motifs is 2.